The van der Waals surface area contributed by atoms with Crippen molar-refractivity contribution in [1.29, 1.82) is 0 Å². The Balaban J connectivity index is 0.00000312. The van der Waals surface area contributed by atoms with Gasteiger partial charge in [-0.15, -0.1) is 24.8 Å². The van der Waals surface area contributed by atoms with Crippen LogP contribution in [0.4, 0.5) is 0 Å². The first-order valence-corrected chi connectivity index (χ1v) is 8.52. The van der Waals surface area contributed by atoms with Crippen LogP contribution in [0.1, 0.15) is 17.5 Å². The molecule has 0 fully saturated rings. The number of hydrogen-bond donors (Lipinski definition) is 2. The van der Waals surface area contributed by atoms with E-state index in [2.05, 4.69) is 28.8 Å². The zero-order chi connectivity index (χ0) is 17.0. The van der Waals surface area contributed by atoms with Gasteiger partial charge >= 0.3 is 0 Å². The van der Waals surface area contributed by atoms with Crippen molar-refractivity contribution in [3.8, 4) is 11.5 Å². The topological polar surface area (TPSA) is 42.5 Å². The molecule has 2 rings (SSSR count). The van der Waals surface area contributed by atoms with Crippen molar-refractivity contribution in [3.05, 3.63) is 59.7 Å². The van der Waals surface area contributed by atoms with Crippen molar-refractivity contribution < 1.29 is 9.47 Å². The zero-order valence-electron chi connectivity index (χ0n) is 15.5. The molecule has 2 aromatic carbocycles. The Bertz CT molecular complexity index is 598. The Morgan fingerprint density at radius 1 is 0.885 bits per heavy atom. The molecule has 0 heterocycles. The lowest BCUT2D eigenvalue weighted by Crippen LogP contribution is -2.19. The van der Waals surface area contributed by atoms with Gasteiger partial charge in [-0.25, -0.2) is 0 Å². The lowest BCUT2D eigenvalue weighted by molar-refractivity contribution is 0.297. The summed E-state index contributed by atoms with van der Waals surface area (Å²) in [5, 5.41) is 6.58. The summed E-state index contributed by atoms with van der Waals surface area (Å²) in [5.41, 5.74) is 2.48. The molecule has 0 aliphatic carbocycles. The second kappa shape index (κ2) is 14.7. The van der Waals surface area contributed by atoms with Gasteiger partial charge in [-0.1, -0.05) is 36.4 Å². The third-order valence-electron chi connectivity index (χ3n) is 3.83. The fourth-order valence-electron chi connectivity index (χ4n) is 2.49. The molecule has 0 radical (unpaired) electrons. The number of rotatable bonds is 11. The minimum absolute atomic E-state index is 0. The number of ether oxygens (including phenoxy) is 2. The summed E-state index contributed by atoms with van der Waals surface area (Å²) in [6.07, 6.45) is 2.01. The Labute approximate surface area is 169 Å². The van der Waals surface area contributed by atoms with Crippen LogP contribution >= 0.6 is 24.8 Å². The molecule has 4 nitrogen and oxygen atoms in total. The van der Waals surface area contributed by atoms with Crippen molar-refractivity contribution in [2.75, 3.05) is 33.9 Å². The summed E-state index contributed by atoms with van der Waals surface area (Å²) in [7, 11) is 3.66. The van der Waals surface area contributed by atoms with E-state index in [4.69, 9.17) is 9.47 Å². The third kappa shape index (κ3) is 8.77. The van der Waals surface area contributed by atoms with E-state index in [0.717, 1.165) is 44.0 Å². The molecular weight excluding hydrogens is 371 g/mol. The Kier molecular flexibility index (Phi) is 13.9. The van der Waals surface area contributed by atoms with E-state index in [9.17, 15) is 0 Å². The largest absolute Gasteiger partial charge is 0.493 e. The third-order valence-corrected chi connectivity index (χ3v) is 3.83. The molecule has 2 N–H and O–H groups in total. The number of nitrogens with one attached hydrogen (secondary N) is 2. The molecule has 0 bridgehead atoms. The second-order valence-electron chi connectivity index (χ2n) is 5.70. The molecular formula is C20H30Cl2N2O2. The van der Waals surface area contributed by atoms with Gasteiger partial charge in [0, 0.05) is 13.0 Å². The molecule has 0 amide bonds. The molecule has 0 unspecified atom stereocenters. The highest BCUT2D eigenvalue weighted by Gasteiger charge is 2.06. The predicted molar refractivity (Wildman–Crippen MR) is 113 cm³/mol. The second-order valence-corrected chi connectivity index (χ2v) is 5.70. The van der Waals surface area contributed by atoms with Gasteiger partial charge in [0.1, 0.15) is 0 Å². The SMILES string of the molecule is CNCCCNCc1ccc(OCCc2ccccc2)c(OC)c1.Cl.Cl. The Morgan fingerprint density at radius 2 is 1.65 bits per heavy atom. The van der Waals surface area contributed by atoms with Crippen molar-refractivity contribution in [3.63, 3.8) is 0 Å². The van der Waals surface area contributed by atoms with Crippen LogP contribution in [0.5, 0.6) is 11.5 Å². The summed E-state index contributed by atoms with van der Waals surface area (Å²) in [6.45, 7) is 3.51. The number of halogens is 2. The summed E-state index contributed by atoms with van der Waals surface area (Å²) in [4.78, 5) is 0. The lowest BCUT2D eigenvalue weighted by atomic mass is 10.1. The van der Waals surface area contributed by atoms with Crippen molar-refractivity contribution in [1.82, 2.24) is 10.6 Å². The predicted octanol–water partition coefficient (Wildman–Crippen LogP) is 3.86. The van der Waals surface area contributed by atoms with Crippen LogP contribution in [0.3, 0.4) is 0 Å². The normalized spacial score (nSPS) is 9.77. The molecule has 0 aliphatic heterocycles. The maximum absolute atomic E-state index is 5.89. The average Bonchev–Trinajstić information content (AvgIpc) is 2.63. The van der Waals surface area contributed by atoms with E-state index in [0.29, 0.717) is 6.61 Å². The maximum Gasteiger partial charge on any atom is 0.161 e. The van der Waals surface area contributed by atoms with E-state index in [1.54, 1.807) is 7.11 Å². The van der Waals surface area contributed by atoms with Gasteiger partial charge in [-0.2, -0.15) is 0 Å². The molecule has 0 saturated carbocycles. The fraction of sp³-hybridized carbons (Fsp3) is 0.400. The van der Waals surface area contributed by atoms with Crippen molar-refractivity contribution in [2.24, 2.45) is 0 Å². The standard InChI is InChI=1S/C20H28N2O2.2ClH/c1-21-12-6-13-22-16-18-9-10-19(20(15-18)23-2)24-14-11-17-7-4-3-5-8-17;;/h3-5,7-10,15,21-22H,6,11-14,16H2,1-2H3;2*1H. The number of methoxy groups -OCH3 is 1. The fourth-order valence-corrected chi connectivity index (χ4v) is 2.49. The van der Waals surface area contributed by atoms with Crippen LogP contribution in [0, 0.1) is 0 Å². The zero-order valence-corrected chi connectivity index (χ0v) is 17.1. The molecule has 0 spiro atoms. The van der Waals surface area contributed by atoms with Gasteiger partial charge < -0.3 is 20.1 Å². The molecule has 26 heavy (non-hydrogen) atoms. The van der Waals surface area contributed by atoms with Crippen molar-refractivity contribution >= 4 is 24.8 Å². The monoisotopic (exact) mass is 400 g/mol. The summed E-state index contributed by atoms with van der Waals surface area (Å²) in [5.74, 6) is 1.59. The van der Waals surface area contributed by atoms with Crippen LogP contribution in [-0.2, 0) is 13.0 Å². The number of hydrogen-bond acceptors (Lipinski definition) is 4. The van der Waals surface area contributed by atoms with Gasteiger partial charge in [0.2, 0.25) is 0 Å². The van der Waals surface area contributed by atoms with Gasteiger partial charge in [0.25, 0.3) is 0 Å². The minimum atomic E-state index is 0. The highest BCUT2D eigenvalue weighted by Crippen LogP contribution is 2.28. The first-order chi connectivity index (χ1) is 11.8. The van der Waals surface area contributed by atoms with Crippen LogP contribution in [0.25, 0.3) is 0 Å². The molecule has 0 saturated heterocycles. The molecule has 0 atom stereocenters. The Hall–Kier alpha value is -1.46. The molecule has 146 valence electrons. The average molecular weight is 401 g/mol. The molecule has 0 aromatic heterocycles. The van der Waals surface area contributed by atoms with Gasteiger partial charge in [-0.05, 0) is 49.8 Å². The van der Waals surface area contributed by atoms with E-state index in [1.165, 1.54) is 11.1 Å². The van der Waals surface area contributed by atoms with Crippen LogP contribution < -0.4 is 20.1 Å². The smallest absolute Gasteiger partial charge is 0.161 e. The van der Waals surface area contributed by atoms with E-state index >= 15 is 0 Å². The molecule has 2 aromatic rings. The van der Waals surface area contributed by atoms with Gasteiger partial charge in [0.05, 0.1) is 13.7 Å². The van der Waals surface area contributed by atoms with Crippen LogP contribution in [0.2, 0.25) is 0 Å². The van der Waals surface area contributed by atoms with E-state index in [-0.39, 0.29) is 24.8 Å². The molecule has 0 aliphatic rings. The summed E-state index contributed by atoms with van der Waals surface area (Å²) in [6, 6.07) is 16.5. The summed E-state index contributed by atoms with van der Waals surface area (Å²) >= 11 is 0. The quantitative estimate of drug-likeness (QED) is 0.562. The van der Waals surface area contributed by atoms with Crippen LogP contribution in [-0.4, -0.2) is 33.9 Å². The highest BCUT2D eigenvalue weighted by atomic mass is 35.5. The maximum atomic E-state index is 5.89. The first-order valence-electron chi connectivity index (χ1n) is 8.52. The van der Waals surface area contributed by atoms with E-state index < -0.39 is 0 Å². The molecule has 6 heteroatoms. The van der Waals surface area contributed by atoms with Gasteiger partial charge in [0.15, 0.2) is 11.5 Å². The number of benzene rings is 2. The lowest BCUT2D eigenvalue weighted by Gasteiger charge is -2.13. The minimum Gasteiger partial charge on any atom is -0.493 e. The van der Waals surface area contributed by atoms with E-state index in [1.807, 2.05) is 37.4 Å². The Morgan fingerprint density at radius 3 is 2.35 bits per heavy atom. The van der Waals surface area contributed by atoms with Crippen LogP contribution in [0.15, 0.2) is 48.5 Å². The first kappa shape index (κ1) is 24.5. The van der Waals surface area contributed by atoms with Crippen molar-refractivity contribution in [2.45, 2.75) is 19.4 Å². The van der Waals surface area contributed by atoms with Gasteiger partial charge in [-0.3, -0.25) is 0 Å². The highest BCUT2D eigenvalue weighted by molar-refractivity contribution is 5.85. The summed E-state index contributed by atoms with van der Waals surface area (Å²) < 4.78 is 11.4.